The number of methoxy groups -OCH3 is 3. The number of carbonyl (C=O) groups is 1. The second kappa shape index (κ2) is 9.71. The summed E-state index contributed by atoms with van der Waals surface area (Å²) < 4.78 is 18.8. The van der Waals surface area contributed by atoms with Crippen molar-refractivity contribution < 1.29 is 19.0 Å². The first-order chi connectivity index (χ1) is 17.9. The first-order valence-corrected chi connectivity index (χ1v) is 12.5. The van der Waals surface area contributed by atoms with Gasteiger partial charge in [-0.1, -0.05) is 41.7 Å². The van der Waals surface area contributed by atoms with Crippen LogP contribution in [0.1, 0.15) is 31.0 Å². The third-order valence-corrected chi connectivity index (χ3v) is 7.54. The molecule has 1 atom stereocenters. The van der Waals surface area contributed by atoms with Crippen LogP contribution in [0.15, 0.2) is 75.7 Å². The van der Waals surface area contributed by atoms with Gasteiger partial charge in [-0.15, -0.1) is 0 Å². The number of ether oxygens (including phenoxy) is 3. The molecule has 0 aliphatic carbocycles. The molecule has 1 unspecified atom stereocenters. The van der Waals surface area contributed by atoms with E-state index in [1.807, 2.05) is 60.7 Å². The minimum absolute atomic E-state index is 0.144. The molecule has 3 aromatic carbocycles. The van der Waals surface area contributed by atoms with Crippen LogP contribution < -0.4 is 29.1 Å². The summed E-state index contributed by atoms with van der Waals surface area (Å²) in [5.41, 5.74) is 2.30. The number of hydrogen-bond acceptors (Lipinski definition) is 7. The smallest absolute Gasteiger partial charge is 0.271 e. The van der Waals surface area contributed by atoms with E-state index < -0.39 is 6.04 Å². The number of ketones is 1. The normalized spacial score (nSPS) is 15.4. The maximum absolute atomic E-state index is 14.0. The highest BCUT2D eigenvalue weighted by Gasteiger charge is 2.32. The van der Waals surface area contributed by atoms with E-state index in [2.05, 4.69) is 4.99 Å². The molecule has 0 spiro atoms. The molecule has 1 aliphatic heterocycles. The molecule has 2 heterocycles. The Morgan fingerprint density at radius 2 is 1.73 bits per heavy atom. The van der Waals surface area contributed by atoms with Gasteiger partial charge in [0.1, 0.15) is 17.2 Å². The topological polar surface area (TPSA) is 79.1 Å². The van der Waals surface area contributed by atoms with E-state index in [0.29, 0.717) is 37.9 Å². The van der Waals surface area contributed by atoms with Gasteiger partial charge in [-0.25, -0.2) is 4.99 Å². The molecule has 1 aromatic heterocycles. The lowest BCUT2D eigenvalue weighted by molar-refractivity contribution is -0.114. The van der Waals surface area contributed by atoms with E-state index in [4.69, 9.17) is 14.2 Å². The predicted octanol–water partition coefficient (Wildman–Crippen LogP) is 4.00. The van der Waals surface area contributed by atoms with E-state index in [9.17, 15) is 9.59 Å². The first kappa shape index (κ1) is 24.5. The zero-order valence-electron chi connectivity index (χ0n) is 21.2. The number of carbonyl (C=O) groups excluding carboxylic acids is 1. The third-order valence-electron chi connectivity index (χ3n) is 6.56. The molecule has 0 amide bonds. The van der Waals surface area contributed by atoms with Crippen LogP contribution >= 0.6 is 11.3 Å². The maximum atomic E-state index is 14.0. The lowest BCUT2D eigenvalue weighted by Gasteiger charge is -2.25. The Morgan fingerprint density at radius 1 is 1.00 bits per heavy atom. The van der Waals surface area contributed by atoms with Gasteiger partial charge in [-0.05, 0) is 55.0 Å². The minimum atomic E-state index is -0.651. The maximum Gasteiger partial charge on any atom is 0.271 e. The third kappa shape index (κ3) is 4.13. The molecular formula is C29H26N2O5S. The Hall–Kier alpha value is -4.17. The molecule has 0 bridgehead atoms. The van der Waals surface area contributed by atoms with Crippen LogP contribution in [0, 0.1) is 0 Å². The highest BCUT2D eigenvalue weighted by Crippen LogP contribution is 2.35. The Morgan fingerprint density at radius 3 is 2.43 bits per heavy atom. The number of thiazole rings is 1. The second-order valence-electron chi connectivity index (χ2n) is 8.65. The van der Waals surface area contributed by atoms with E-state index in [-0.39, 0.29) is 11.3 Å². The summed E-state index contributed by atoms with van der Waals surface area (Å²) in [5.74, 6) is 1.79. The van der Waals surface area contributed by atoms with Crippen molar-refractivity contribution in [3.8, 4) is 17.2 Å². The minimum Gasteiger partial charge on any atom is -0.497 e. The molecule has 0 radical (unpaired) electrons. The van der Waals surface area contributed by atoms with Gasteiger partial charge < -0.3 is 14.2 Å². The van der Waals surface area contributed by atoms with Crippen molar-refractivity contribution in [2.45, 2.75) is 19.9 Å². The van der Waals surface area contributed by atoms with Gasteiger partial charge >= 0.3 is 0 Å². The Labute approximate surface area is 217 Å². The molecule has 188 valence electrons. The summed E-state index contributed by atoms with van der Waals surface area (Å²) in [6.07, 6.45) is 1.83. The second-order valence-corrected chi connectivity index (χ2v) is 9.66. The average molecular weight is 515 g/mol. The fraction of sp³-hybridized carbons (Fsp3) is 0.207. The lowest BCUT2D eigenvalue weighted by atomic mass is 9.93. The summed E-state index contributed by atoms with van der Waals surface area (Å²) in [7, 11) is 4.80. The van der Waals surface area contributed by atoms with E-state index in [1.54, 1.807) is 32.8 Å². The summed E-state index contributed by atoms with van der Waals surface area (Å²) in [6.45, 7) is 3.30. The van der Waals surface area contributed by atoms with Crippen molar-refractivity contribution in [1.29, 1.82) is 0 Å². The largest absolute Gasteiger partial charge is 0.497 e. The van der Waals surface area contributed by atoms with Crippen LogP contribution in [-0.4, -0.2) is 31.7 Å². The van der Waals surface area contributed by atoms with Crippen molar-refractivity contribution in [3.05, 3.63) is 96.7 Å². The molecule has 0 saturated heterocycles. The number of Topliss-reactive ketones (excluding diaryl/α,β-unsaturated/α-hetero) is 1. The van der Waals surface area contributed by atoms with Gasteiger partial charge in [0.15, 0.2) is 10.6 Å². The van der Waals surface area contributed by atoms with Crippen LogP contribution in [-0.2, 0) is 4.79 Å². The number of rotatable bonds is 6. The zero-order chi connectivity index (χ0) is 26.3. The molecule has 0 saturated carbocycles. The fourth-order valence-corrected chi connectivity index (χ4v) is 5.87. The molecule has 4 aromatic rings. The number of benzene rings is 3. The molecule has 7 nitrogen and oxygen atoms in total. The van der Waals surface area contributed by atoms with E-state index in [1.165, 1.54) is 18.3 Å². The Balaban J connectivity index is 1.82. The lowest BCUT2D eigenvalue weighted by Crippen LogP contribution is -2.39. The van der Waals surface area contributed by atoms with Gasteiger partial charge in [0.25, 0.3) is 5.56 Å². The van der Waals surface area contributed by atoms with Crippen molar-refractivity contribution in [3.63, 3.8) is 0 Å². The van der Waals surface area contributed by atoms with Crippen molar-refractivity contribution in [2.75, 3.05) is 21.3 Å². The van der Waals surface area contributed by atoms with Crippen LogP contribution in [0.3, 0.4) is 0 Å². The SMILES string of the molecule is COc1ccc2ccc(OC)c(/C=c3/sc4n(c3=O)C(c3ccccc3OC)C(C(C)=O)=C(C)N=4)c2c1. The number of para-hydroxylation sites is 1. The van der Waals surface area contributed by atoms with Gasteiger partial charge in [0.05, 0.1) is 31.9 Å². The first-order valence-electron chi connectivity index (χ1n) is 11.7. The number of allylic oxidation sites excluding steroid dienone is 2. The molecule has 0 N–H and O–H groups in total. The number of aromatic nitrogens is 1. The number of hydrogen-bond donors (Lipinski definition) is 0. The van der Waals surface area contributed by atoms with Gasteiger partial charge in [-0.3, -0.25) is 14.2 Å². The molecule has 8 heteroatoms. The Kier molecular flexibility index (Phi) is 6.43. The molecule has 5 rings (SSSR count). The average Bonchev–Trinajstić information content (AvgIpc) is 3.21. The van der Waals surface area contributed by atoms with Crippen LogP contribution in [0.25, 0.3) is 16.8 Å². The van der Waals surface area contributed by atoms with Gasteiger partial charge in [0.2, 0.25) is 0 Å². The quantitative estimate of drug-likeness (QED) is 0.389. The highest BCUT2D eigenvalue weighted by molar-refractivity contribution is 7.07. The monoisotopic (exact) mass is 514 g/mol. The summed E-state index contributed by atoms with van der Waals surface area (Å²) >= 11 is 1.28. The van der Waals surface area contributed by atoms with E-state index >= 15 is 0 Å². The summed E-state index contributed by atoms with van der Waals surface area (Å²) in [5, 5.41) is 1.88. The zero-order valence-corrected chi connectivity index (χ0v) is 22.0. The van der Waals surface area contributed by atoms with Crippen molar-refractivity contribution in [2.24, 2.45) is 4.99 Å². The number of fused-ring (bicyclic) bond motifs is 2. The molecule has 37 heavy (non-hydrogen) atoms. The van der Waals surface area contributed by atoms with Crippen LogP contribution in [0.4, 0.5) is 0 Å². The number of nitrogens with zero attached hydrogens (tertiary/aromatic N) is 2. The van der Waals surface area contributed by atoms with Gasteiger partial charge in [0, 0.05) is 22.4 Å². The van der Waals surface area contributed by atoms with E-state index in [0.717, 1.165) is 21.9 Å². The summed E-state index contributed by atoms with van der Waals surface area (Å²) in [4.78, 5) is 32.0. The Bertz CT molecular complexity index is 1760. The highest BCUT2D eigenvalue weighted by atomic mass is 32.1. The fourth-order valence-electron chi connectivity index (χ4n) is 4.84. The van der Waals surface area contributed by atoms with Crippen LogP contribution in [0.5, 0.6) is 17.2 Å². The van der Waals surface area contributed by atoms with Crippen molar-refractivity contribution >= 4 is 34.0 Å². The standard InChI is InChI=1S/C29H26N2O5S/c1-16-26(17(2)32)27(20-8-6-7-9-23(20)35-4)31-28(33)25(37-29(31)30-16)15-22-21-14-19(34-3)12-10-18(21)11-13-24(22)36-5/h6-15,27H,1-5H3/b25-15+. The summed E-state index contributed by atoms with van der Waals surface area (Å²) in [6, 6.07) is 16.4. The van der Waals surface area contributed by atoms with Crippen molar-refractivity contribution in [1.82, 2.24) is 4.57 Å². The molecular weight excluding hydrogens is 488 g/mol. The molecule has 1 aliphatic rings. The van der Waals surface area contributed by atoms with Crippen LogP contribution in [0.2, 0.25) is 0 Å². The predicted molar refractivity (Wildman–Crippen MR) is 144 cm³/mol. The molecule has 0 fully saturated rings. The van der Waals surface area contributed by atoms with Gasteiger partial charge in [-0.2, -0.15) is 0 Å².